The van der Waals surface area contributed by atoms with Gasteiger partial charge in [0, 0.05) is 0 Å². The zero-order valence-electron chi connectivity index (χ0n) is 10.2. The predicted molar refractivity (Wildman–Crippen MR) is 64.1 cm³/mol. The summed E-state index contributed by atoms with van der Waals surface area (Å²) in [6.07, 6.45) is 0.706. The molecule has 1 aromatic rings. The van der Waals surface area contributed by atoms with Crippen LogP contribution in [0.15, 0.2) is 24.3 Å². The van der Waals surface area contributed by atoms with E-state index < -0.39 is 12.1 Å². The van der Waals surface area contributed by atoms with Gasteiger partial charge in [0.25, 0.3) is 0 Å². The molecule has 1 aromatic carbocycles. The minimum Gasteiger partial charge on any atom is -0.504 e. The van der Waals surface area contributed by atoms with Crippen LogP contribution in [0, 0.1) is 0 Å². The molecule has 0 radical (unpaired) electrons. The van der Waals surface area contributed by atoms with Gasteiger partial charge in [-0.3, -0.25) is 0 Å². The Labute approximate surface area is 101 Å². The van der Waals surface area contributed by atoms with Gasteiger partial charge in [0.1, 0.15) is 0 Å². The van der Waals surface area contributed by atoms with Crippen molar-refractivity contribution in [2.24, 2.45) is 0 Å². The number of carbonyl (C=O) groups is 1. The highest BCUT2D eigenvalue weighted by atomic mass is 16.6. The van der Waals surface area contributed by atoms with Crippen molar-refractivity contribution in [1.82, 2.24) is 0 Å². The van der Waals surface area contributed by atoms with Crippen LogP contribution in [0.4, 0.5) is 0 Å². The van der Waals surface area contributed by atoms with Crippen molar-refractivity contribution in [2.75, 3.05) is 6.61 Å². The molecule has 0 aromatic heterocycles. The van der Waals surface area contributed by atoms with Gasteiger partial charge in [0.15, 0.2) is 17.6 Å². The zero-order chi connectivity index (χ0) is 12.7. The SMILES string of the molecule is CCC[C@H](Oc1ccccc1O)C(=O)OCC. The summed E-state index contributed by atoms with van der Waals surface area (Å²) in [5, 5.41) is 9.56. The maximum absolute atomic E-state index is 11.6. The summed E-state index contributed by atoms with van der Waals surface area (Å²) in [5.74, 6) is -0.0606. The zero-order valence-corrected chi connectivity index (χ0v) is 10.2. The van der Waals surface area contributed by atoms with Crippen molar-refractivity contribution in [3.63, 3.8) is 0 Å². The molecule has 0 saturated heterocycles. The second-order valence-corrected chi connectivity index (χ2v) is 3.61. The fourth-order valence-corrected chi connectivity index (χ4v) is 1.43. The first kappa shape index (κ1) is 13.4. The average Bonchev–Trinajstić information content (AvgIpc) is 2.31. The predicted octanol–water partition coefficient (Wildman–Crippen LogP) is 2.50. The molecule has 0 saturated carbocycles. The molecule has 0 aliphatic rings. The maximum Gasteiger partial charge on any atom is 0.347 e. The number of rotatable bonds is 6. The van der Waals surface area contributed by atoms with Gasteiger partial charge in [0.2, 0.25) is 0 Å². The molecule has 0 amide bonds. The van der Waals surface area contributed by atoms with E-state index in [9.17, 15) is 9.90 Å². The Hall–Kier alpha value is -1.71. The number of hydrogen-bond donors (Lipinski definition) is 1. The third-order valence-corrected chi connectivity index (χ3v) is 2.23. The van der Waals surface area contributed by atoms with Crippen molar-refractivity contribution >= 4 is 5.97 Å². The fraction of sp³-hybridized carbons (Fsp3) is 0.462. The lowest BCUT2D eigenvalue weighted by Crippen LogP contribution is -2.29. The van der Waals surface area contributed by atoms with Crippen molar-refractivity contribution in [1.29, 1.82) is 0 Å². The molecule has 0 unspecified atom stereocenters. The lowest BCUT2D eigenvalue weighted by molar-refractivity contribution is -0.151. The number of para-hydroxylation sites is 2. The lowest BCUT2D eigenvalue weighted by atomic mass is 10.2. The topological polar surface area (TPSA) is 55.8 Å². The van der Waals surface area contributed by atoms with E-state index in [1.165, 1.54) is 6.07 Å². The molecular weight excluding hydrogens is 220 g/mol. The summed E-state index contributed by atoms with van der Waals surface area (Å²) in [5.41, 5.74) is 0. The van der Waals surface area contributed by atoms with E-state index in [4.69, 9.17) is 9.47 Å². The third kappa shape index (κ3) is 3.98. The quantitative estimate of drug-likeness (QED) is 0.774. The Balaban J connectivity index is 2.73. The van der Waals surface area contributed by atoms with Crippen LogP contribution in [-0.2, 0) is 9.53 Å². The van der Waals surface area contributed by atoms with Crippen molar-refractivity contribution in [3.8, 4) is 11.5 Å². The molecule has 1 rings (SSSR count). The summed E-state index contributed by atoms with van der Waals surface area (Å²) in [6.45, 7) is 4.03. The molecule has 0 spiro atoms. The third-order valence-electron chi connectivity index (χ3n) is 2.23. The summed E-state index contributed by atoms with van der Waals surface area (Å²) < 4.78 is 10.4. The number of hydrogen-bond acceptors (Lipinski definition) is 4. The summed E-state index contributed by atoms with van der Waals surface area (Å²) in [6, 6.07) is 6.57. The fourth-order valence-electron chi connectivity index (χ4n) is 1.43. The van der Waals surface area contributed by atoms with Crippen LogP contribution in [0.2, 0.25) is 0 Å². The molecule has 4 heteroatoms. The molecule has 0 fully saturated rings. The van der Waals surface area contributed by atoms with Gasteiger partial charge in [0.05, 0.1) is 6.61 Å². The Morgan fingerprint density at radius 3 is 2.65 bits per heavy atom. The summed E-state index contributed by atoms with van der Waals surface area (Å²) >= 11 is 0. The molecule has 4 nitrogen and oxygen atoms in total. The maximum atomic E-state index is 11.6. The first-order valence-corrected chi connectivity index (χ1v) is 5.80. The molecular formula is C13H18O4. The average molecular weight is 238 g/mol. The van der Waals surface area contributed by atoms with Crippen LogP contribution in [0.25, 0.3) is 0 Å². The Morgan fingerprint density at radius 1 is 1.35 bits per heavy atom. The van der Waals surface area contributed by atoms with Gasteiger partial charge in [-0.05, 0) is 25.5 Å². The van der Waals surface area contributed by atoms with E-state index in [-0.39, 0.29) is 5.75 Å². The molecule has 0 aliphatic carbocycles. The van der Waals surface area contributed by atoms with Gasteiger partial charge in [-0.25, -0.2) is 4.79 Å². The minimum absolute atomic E-state index is 0.0258. The van der Waals surface area contributed by atoms with Crippen molar-refractivity contribution in [3.05, 3.63) is 24.3 Å². The Bertz CT molecular complexity index is 362. The summed E-state index contributed by atoms with van der Waals surface area (Å²) in [7, 11) is 0. The van der Waals surface area contributed by atoms with E-state index in [2.05, 4.69) is 0 Å². The highest BCUT2D eigenvalue weighted by Crippen LogP contribution is 2.26. The van der Waals surface area contributed by atoms with Crippen LogP contribution in [-0.4, -0.2) is 23.8 Å². The van der Waals surface area contributed by atoms with Crippen molar-refractivity contribution in [2.45, 2.75) is 32.8 Å². The van der Waals surface area contributed by atoms with Crippen LogP contribution < -0.4 is 4.74 Å². The number of esters is 1. The van der Waals surface area contributed by atoms with E-state index in [0.29, 0.717) is 18.8 Å². The summed E-state index contributed by atoms with van der Waals surface area (Å²) in [4.78, 5) is 11.6. The molecule has 17 heavy (non-hydrogen) atoms. The van der Waals surface area contributed by atoms with E-state index in [0.717, 1.165) is 6.42 Å². The van der Waals surface area contributed by atoms with E-state index in [1.54, 1.807) is 25.1 Å². The molecule has 1 atom stereocenters. The van der Waals surface area contributed by atoms with Crippen molar-refractivity contribution < 1.29 is 19.4 Å². The monoisotopic (exact) mass is 238 g/mol. The standard InChI is InChI=1S/C13H18O4/c1-3-7-12(13(15)16-4-2)17-11-9-6-5-8-10(11)14/h5-6,8-9,12,14H,3-4,7H2,1-2H3/t12-/m0/s1. The number of carbonyl (C=O) groups excluding carboxylic acids is 1. The molecule has 1 N–H and O–H groups in total. The highest BCUT2D eigenvalue weighted by Gasteiger charge is 2.21. The molecule has 94 valence electrons. The van der Waals surface area contributed by atoms with Gasteiger partial charge in [-0.15, -0.1) is 0 Å². The normalized spacial score (nSPS) is 11.9. The number of phenols is 1. The number of ether oxygens (including phenoxy) is 2. The van der Waals surface area contributed by atoms with Gasteiger partial charge in [-0.1, -0.05) is 25.5 Å². The van der Waals surface area contributed by atoms with Crippen LogP contribution in [0.3, 0.4) is 0 Å². The first-order valence-electron chi connectivity index (χ1n) is 5.80. The largest absolute Gasteiger partial charge is 0.504 e. The van der Waals surface area contributed by atoms with Gasteiger partial charge < -0.3 is 14.6 Å². The second kappa shape index (κ2) is 6.78. The number of benzene rings is 1. The number of phenolic OH excluding ortho intramolecular Hbond substituents is 1. The smallest absolute Gasteiger partial charge is 0.347 e. The van der Waals surface area contributed by atoms with Crippen LogP contribution >= 0.6 is 0 Å². The molecule has 0 heterocycles. The molecule has 0 aliphatic heterocycles. The first-order chi connectivity index (χ1) is 8.19. The second-order valence-electron chi connectivity index (χ2n) is 3.61. The van der Waals surface area contributed by atoms with Crippen LogP contribution in [0.1, 0.15) is 26.7 Å². The van der Waals surface area contributed by atoms with E-state index >= 15 is 0 Å². The Kier molecular flexibility index (Phi) is 5.33. The highest BCUT2D eigenvalue weighted by molar-refractivity contribution is 5.75. The van der Waals surface area contributed by atoms with E-state index in [1.807, 2.05) is 6.92 Å². The Morgan fingerprint density at radius 2 is 2.06 bits per heavy atom. The minimum atomic E-state index is -0.659. The van der Waals surface area contributed by atoms with Gasteiger partial charge in [-0.2, -0.15) is 0 Å². The van der Waals surface area contributed by atoms with Gasteiger partial charge >= 0.3 is 5.97 Å². The van der Waals surface area contributed by atoms with Crippen LogP contribution in [0.5, 0.6) is 11.5 Å². The number of aromatic hydroxyl groups is 1. The lowest BCUT2D eigenvalue weighted by Gasteiger charge is -2.17. The molecule has 0 bridgehead atoms.